The molecule has 0 radical (unpaired) electrons. The summed E-state index contributed by atoms with van der Waals surface area (Å²) in [6.45, 7) is 2.40. The summed E-state index contributed by atoms with van der Waals surface area (Å²) in [5, 5.41) is 9.34. The van der Waals surface area contributed by atoms with Gasteiger partial charge in [-0.2, -0.15) is 5.26 Å². The van der Waals surface area contributed by atoms with Gasteiger partial charge in [0.15, 0.2) is 0 Å². The van der Waals surface area contributed by atoms with Crippen LogP contribution in [0, 0.1) is 22.2 Å². The minimum Gasteiger partial charge on any atom is -0.198 e. The van der Waals surface area contributed by atoms with Crippen molar-refractivity contribution in [3.05, 3.63) is 0 Å². The molecule has 0 spiro atoms. The van der Waals surface area contributed by atoms with E-state index in [1.54, 1.807) is 0 Å². The van der Waals surface area contributed by atoms with Gasteiger partial charge >= 0.3 is 0 Å². The van der Waals surface area contributed by atoms with Crippen LogP contribution in [0.15, 0.2) is 0 Å². The minimum atomic E-state index is 0.0685. The summed E-state index contributed by atoms with van der Waals surface area (Å²) in [5.41, 5.74) is 0.569. The third kappa shape index (κ3) is 1.80. The molecule has 2 saturated carbocycles. The van der Waals surface area contributed by atoms with E-state index in [1.807, 2.05) is 0 Å². The zero-order valence-electron chi connectivity index (χ0n) is 9.31. The first-order valence-corrected chi connectivity index (χ1v) is 6.09. The van der Waals surface area contributed by atoms with Crippen molar-refractivity contribution in [2.24, 2.45) is 10.8 Å². The van der Waals surface area contributed by atoms with Crippen LogP contribution in [0.25, 0.3) is 0 Å². The molecule has 0 amide bonds. The average Bonchev–Trinajstić information content (AvgIpc) is 2.76. The van der Waals surface area contributed by atoms with Gasteiger partial charge in [-0.3, -0.25) is 0 Å². The highest BCUT2D eigenvalue weighted by Gasteiger charge is 2.41. The van der Waals surface area contributed by atoms with Crippen molar-refractivity contribution in [1.82, 2.24) is 0 Å². The van der Waals surface area contributed by atoms with Crippen molar-refractivity contribution in [3.8, 4) is 6.07 Å². The normalized spacial score (nSPS) is 28.9. The Labute approximate surface area is 87.5 Å². The maximum absolute atomic E-state index is 9.34. The van der Waals surface area contributed by atoms with Gasteiger partial charge in [0.2, 0.25) is 0 Å². The second kappa shape index (κ2) is 3.57. The number of hydrogen-bond acceptors (Lipinski definition) is 1. The van der Waals surface area contributed by atoms with E-state index in [0.29, 0.717) is 5.41 Å². The van der Waals surface area contributed by atoms with Crippen LogP contribution < -0.4 is 0 Å². The van der Waals surface area contributed by atoms with E-state index in [-0.39, 0.29) is 5.41 Å². The molecule has 0 saturated heterocycles. The van der Waals surface area contributed by atoms with Gasteiger partial charge in [-0.1, -0.05) is 32.6 Å². The molecule has 0 aliphatic heterocycles. The third-order valence-corrected chi connectivity index (χ3v) is 4.37. The highest BCUT2D eigenvalue weighted by Crippen LogP contribution is 2.51. The Morgan fingerprint density at radius 3 is 2.00 bits per heavy atom. The first-order chi connectivity index (χ1) is 6.68. The first-order valence-electron chi connectivity index (χ1n) is 6.09. The zero-order valence-corrected chi connectivity index (χ0v) is 9.31. The number of nitriles is 1. The molecule has 2 aliphatic carbocycles. The minimum absolute atomic E-state index is 0.0685. The second-order valence-corrected chi connectivity index (χ2v) is 5.79. The monoisotopic (exact) mass is 191 g/mol. The van der Waals surface area contributed by atoms with Crippen molar-refractivity contribution in [1.29, 1.82) is 5.26 Å². The third-order valence-electron chi connectivity index (χ3n) is 4.37. The predicted octanol–water partition coefficient (Wildman–Crippen LogP) is 4.04. The molecule has 78 valence electrons. The van der Waals surface area contributed by atoms with Gasteiger partial charge in [0.25, 0.3) is 0 Å². The summed E-state index contributed by atoms with van der Waals surface area (Å²) >= 11 is 0. The summed E-state index contributed by atoms with van der Waals surface area (Å²) in [7, 11) is 0. The van der Waals surface area contributed by atoms with E-state index >= 15 is 0 Å². The van der Waals surface area contributed by atoms with E-state index < -0.39 is 0 Å². The van der Waals surface area contributed by atoms with Gasteiger partial charge < -0.3 is 0 Å². The lowest BCUT2D eigenvalue weighted by molar-refractivity contribution is 0.200. The molecule has 1 heteroatoms. The molecule has 0 bridgehead atoms. The Morgan fingerprint density at radius 1 is 1.00 bits per heavy atom. The van der Waals surface area contributed by atoms with Gasteiger partial charge in [0, 0.05) is 0 Å². The highest BCUT2D eigenvalue weighted by molar-refractivity contribution is 5.05. The molecule has 14 heavy (non-hydrogen) atoms. The van der Waals surface area contributed by atoms with Crippen LogP contribution in [-0.2, 0) is 0 Å². The van der Waals surface area contributed by atoms with Crippen LogP contribution in [0.2, 0.25) is 0 Å². The van der Waals surface area contributed by atoms with Crippen molar-refractivity contribution in [3.63, 3.8) is 0 Å². The Kier molecular flexibility index (Phi) is 2.56. The van der Waals surface area contributed by atoms with E-state index in [1.165, 1.54) is 57.8 Å². The van der Waals surface area contributed by atoms with Crippen molar-refractivity contribution < 1.29 is 0 Å². The smallest absolute Gasteiger partial charge is 0.0689 e. The summed E-state index contributed by atoms with van der Waals surface area (Å²) in [6, 6.07) is 2.63. The Bertz CT molecular complexity index is 236. The molecule has 0 aromatic heterocycles. The SMILES string of the molecule is CC1(CC2(C#N)CCCC2)CCCC1. The van der Waals surface area contributed by atoms with E-state index in [2.05, 4.69) is 13.0 Å². The molecule has 0 aromatic rings. The fourth-order valence-corrected chi connectivity index (χ4v) is 3.60. The van der Waals surface area contributed by atoms with Crippen LogP contribution in [-0.4, -0.2) is 0 Å². The van der Waals surface area contributed by atoms with Gasteiger partial charge in [0.1, 0.15) is 0 Å². The molecule has 1 nitrogen and oxygen atoms in total. The molecule has 0 N–H and O–H groups in total. The molecule has 0 aromatic carbocycles. The zero-order chi connectivity index (χ0) is 10.1. The van der Waals surface area contributed by atoms with Gasteiger partial charge in [-0.05, 0) is 37.5 Å². The fraction of sp³-hybridized carbons (Fsp3) is 0.923. The van der Waals surface area contributed by atoms with Crippen LogP contribution >= 0.6 is 0 Å². The highest BCUT2D eigenvalue weighted by atomic mass is 14.5. The Morgan fingerprint density at radius 2 is 1.50 bits per heavy atom. The van der Waals surface area contributed by atoms with Crippen LogP contribution in [0.5, 0.6) is 0 Å². The van der Waals surface area contributed by atoms with Gasteiger partial charge in [-0.15, -0.1) is 0 Å². The Balaban J connectivity index is 2.04. The topological polar surface area (TPSA) is 23.8 Å². The standard InChI is InChI=1S/C13H21N/c1-12(6-2-3-7-12)10-13(11-14)8-4-5-9-13/h2-10H2,1H3. The van der Waals surface area contributed by atoms with Crippen molar-refractivity contribution in [2.75, 3.05) is 0 Å². The Hall–Kier alpha value is -0.510. The van der Waals surface area contributed by atoms with E-state index in [9.17, 15) is 5.26 Å². The van der Waals surface area contributed by atoms with Gasteiger partial charge in [-0.25, -0.2) is 0 Å². The van der Waals surface area contributed by atoms with E-state index in [4.69, 9.17) is 0 Å². The summed E-state index contributed by atoms with van der Waals surface area (Å²) in [4.78, 5) is 0. The molecule has 0 atom stereocenters. The van der Waals surface area contributed by atoms with Crippen LogP contribution in [0.3, 0.4) is 0 Å². The number of rotatable bonds is 2. The van der Waals surface area contributed by atoms with Crippen molar-refractivity contribution >= 4 is 0 Å². The van der Waals surface area contributed by atoms with Gasteiger partial charge in [0.05, 0.1) is 11.5 Å². The average molecular weight is 191 g/mol. The summed E-state index contributed by atoms with van der Waals surface area (Å²) in [6.07, 6.45) is 11.6. The molecule has 0 heterocycles. The maximum Gasteiger partial charge on any atom is 0.0689 e. The lowest BCUT2D eigenvalue weighted by atomic mass is 9.71. The number of hydrogen-bond donors (Lipinski definition) is 0. The lowest BCUT2D eigenvalue weighted by Crippen LogP contribution is -2.24. The molecule has 0 unspecified atom stereocenters. The largest absolute Gasteiger partial charge is 0.198 e. The maximum atomic E-state index is 9.34. The van der Waals surface area contributed by atoms with E-state index in [0.717, 1.165) is 0 Å². The molecular weight excluding hydrogens is 170 g/mol. The molecule has 2 aliphatic rings. The number of nitrogens with zero attached hydrogens (tertiary/aromatic N) is 1. The summed E-state index contributed by atoms with van der Waals surface area (Å²) < 4.78 is 0. The quantitative estimate of drug-likeness (QED) is 0.646. The second-order valence-electron chi connectivity index (χ2n) is 5.79. The summed E-state index contributed by atoms with van der Waals surface area (Å²) in [5.74, 6) is 0. The predicted molar refractivity (Wildman–Crippen MR) is 57.7 cm³/mol. The van der Waals surface area contributed by atoms with Crippen LogP contribution in [0.4, 0.5) is 0 Å². The lowest BCUT2D eigenvalue weighted by Gasteiger charge is -2.32. The van der Waals surface area contributed by atoms with Crippen molar-refractivity contribution in [2.45, 2.75) is 64.7 Å². The first kappa shape index (κ1) is 10.0. The van der Waals surface area contributed by atoms with Crippen LogP contribution in [0.1, 0.15) is 64.7 Å². The molecule has 2 fully saturated rings. The fourth-order valence-electron chi connectivity index (χ4n) is 3.60. The molecular formula is C13H21N. The molecule has 2 rings (SSSR count).